The minimum atomic E-state index is -2.91. The van der Waals surface area contributed by atoms with Gasteiger partial charge in [-0.25, -0.2) is 8.42 Å². The van der Waals surface area contributed by atoms with Crippen LogP contribution in [0.3, 0.4) is 0 Å². The van der Waals surface area contributed by atoms with Gasteiger partial charge >= 0.3 is 0 Å². The highest BCUT2D eigenvalue weighted by Gasteiger charge is 2.29. The summed E-state index contributed by atoms with van der Waals surface area (Å²) in [6, 6.07) is 8.30. The molecule has 28 heavy (non-hydrogen) atoms. The van der Waals surface area contributed by atoms with E-state index in [2.05, 4.69) is 27.6 Å². The number of carbonyl (C=O) groups excluding carboxylic acids is 1. The molecule has 2 atom stereocenters. The molecule has 2 heterocycles. The predicted molar refractivity (Wildman–Crippen MR) is 106 cm³/mol. The van der Waals surface area contributed by atoms with E-state index in [-0.39, 0.29) is 35.1 Å². The smallest absolute Gasteiger partial charge is 0.277 e. The largest absolute Gasteiger partial charge is 0.416 e. The summed E-state index contributed by atoms with van der Waals surface area (Å²) in [5.41, 5.74) is 2.51. The Hall–Kier alpha value is -1.87. The second-order valence-corrected chi connectivity index (χ2v) is 10.6. The van der Waals surface area contributed by atoms with Crippen molar-refractivity contribution in [3.63, 3.8) is 0 Å². The van der Waals surface area contributed by atoms with Crippen molar-refractivity contribution in [2.24, 2.45) is 5.92 Å². The number of hydrogen-bond acceptors (Lipinski definition) is 7. The normalized spacial score (nSPS) is 23.3. The van der Waals surface area contributed by atoms with Gasteiger partial charge in [-0.15, -0.1) is 10.2 Å². The minimum Gasteiger partial charge on any atom is -0.416 e. The van der Waals surface area contributed by atoms with E-state index >= 15 is 0 Å². The topological polar surface area (TPSA) is 102 Å². The molecule has 1 aromatic carbocycles. The molecule has 0 saturated carbocycles. The molecule has 1 aromatic heterocycles. The molecular formula is C19H23N3O4S2. The van der Waals surface area contributed by atoms with Crippen LogP contribution >= 0.6 is 11.8 Å². The fraction of sp³-hybridized carbons (Fsp3) is 0.526. The first kappa shape index (κ1) is 19.4. The summed E-state index contributed by atoms with van der Waals surface area (Å²) in [4.78, 5) is 12.4. The third-order valence-electron chi connectivity index (χ3n) is 5.27. The van der Waals surface area contributed by atoms with Crippen molar-refractivity contribution in [1.82, 2.24) is 15.5 Å². The van der Waals surface area contributed by atoms with Gasteiger partial charge in [0, 0.05) is 6.42 Å². The first-order valence-corrected chi connectivity index (χ1v) is 12.3. The number of thioether (sulfide) groups is 1. The summed E-state index contributed by atoms with van der Waals surface area (Å²) >= 11 is 1.21. The van der Waals surface area contributed by atoms with Gasteiger partial charge in [0.05, 0.1) is 23.3 Å². The molecule has 4 rings (SSSR count). The summed E-state index contributed by atoms with van der Waals surface area (Å²) in [5.74, 6) is 1.04. The van der Waals surface area contributed by atoms with Gasteiger partial charge < -0.3 is 9.73 Å². The highest BCUT2D eigenvalue weighted by atomic mass is 32.2. The Balaban J connectivity index is 1.27. The van der Waals surface area contributed by atoms with E-state index in [1.54, 1.807) is 0 Å². The number of nitrogens with one attached hydrogen (secondary N) is 1. The average Bonchev–Trinajstić information content (AvgIpc) is 3.26. The number of rotatable bonds is 6. The maximum atomic E-state index is 12.4. The molecule has 0 spiro atoms. The van der Waals surface area contributed by atoms with E-state index in [1.807, 2.05) is 12.1 Å². The molecular weight excluding hydrogens is 398 g/mol. The van der Waals surface area contributed by atoms with Gasteiger partial charge in [0.1, 0.15) is 0 Å². The Bertz CT molecular complexity index is 958. The Morgan fingerprint density at radius 2 is 2.11 bits per heavy atom. The van der Waals surface area contributed by atoms with E-state index in [9.17, 15) is 13.2 Å². The Labute approximate surface area is 168 Å². The molecule has 1 aliphatic heterocycles. The Morgan fingerprint density at radius 3 is 2.93 bits per heavy atom. The minimum absolute atomic E-state index is 0.0398. The van der Waals surface area contributed by atoms with Crippen LogP contribution in [0.2, 0.25) is 0 Å². The molecule has 2 aromatic rings. The maximum Gasteiger partial charge on any atom is 0.277 e. The summed E-state index contributed by atoms with van der Waals surface area (Å²) in [7, 11) is -2.91. The summed E-state index contributed by atoms with van der Waals surface area (Å²) in [6.45, 7) is 0. The van der Waals surface area contributed by atoms with Crippen LogP contribution in [0.15, 0.2) is 33.9 Å². The van der Waals surface area contributed by atoms with Crippen molar-refractivity contribution >= 4 is 27.5 Å². The zero-order valence-electron chi connectivity index (χ0n) is 15.5. The van der Waals surface area contributed by atoms with Crippen molar-refractivity contribution in [1.29, 1.82) is 0 Å². The number of nitrogens with zero attached hydrogens (tertiary/aromatic N) is 2. The van der Waals surface area contributed by atoms with Crippen LogP contribution in [-0.4, -0.2) is 41.8 Å². The molecule has 1 N–H and O–H groups in total. The Kier molecular flexibility index (Phi) is 5.73. The first-order chi connectivity index (χ1) is 13.5. The van der Waals surface area contributed by atoms with Gasteiger partial charge in [0.2, 0.25) is 11.8 Å². The van der Waals surface area contributed by atoms with E-state index < -0.39 is 9.84 Å². The number of carbonyl (C=O) groups is 1. The number of sulfone groups is 1. The van der Waals surface area contributed by atoms with Crippen LogP contribution in [-0.2, 0) is 27.5 Å². The number of hydrogen-bond donors (Lipinski definition) is 1. The summed E-state index contributed by atoms with van der Waals surface area (Å²) in [6.07, 6.45) is 4.18. The van der Waals surface area contributed by atoms with Gasteiger partial charge in [-0.2, -0.15) is 0 Å². The highest BCUT2D eigenvalue weighted by molar-refractivity contribution is 7.99. The monoisotopic (exact) mass is 421 g/mol. The van der Waals surface area contributed by atoms with Crippen LogP contribution < -0.4 is 5.32 Å². The summed E-state index contributed by atoms with van der Waals surface area (Å²) in [5, 5.41) is 11.4. The molecule has 1 saturated heterocycles. The van der Waals surface area contributed by atoms with E-state index in [0.717, 1.165) is 19.3 Å². The number of benzene rings is 1. The third kappa shape index (κ3) is 4.75. The average molecular weight is 422 g/mol. The molecule has 9 heteroatoms. The van der Waals surface area contributed by atoms with Gasteiger partial charge in [0.25, 0.3) is 5.22 Å². The molecule has 150 valence electrons. The van der Waals surface area contributed by atoms with Crippen molar-refractivity contribution in [3.05, 3.63) is 41.3 Å². The quantitative estimate of drug-likeness (QED) is 0.714. The zero-order valence-corrected chi connectivity index (χ0v) is 17.1. The maximum absolute atomic E-state index is 12.4. The van der Waals surface area contributed by atoms with E-state index in [1.165, 1.54) is 22.9 Å². The fourth-order valence-corrected chi connectivity index (χ4v) is 6.38. The predicted octanol–water partition coefficient (Wildman–Crippen LogP) is 2.33. The lowest BCUT2D eigenvalue weighted by atomic mass is 9.88. The lowest BCUT2D eigenvalue weighted by Gasteiger charge is -2.26. The van der Waals surface area contributed by atoms with Crippen LogP contribution in [0, 0.1) is 5.92 Å². The molecule has 2 unspecified atom stereocenters. The van der Waals surface area contributed by atoms with Crippen LogP contribution in [0.5, 0.6) is 0 Å². The first-order valence-electron chi connectivity index (χ1n) is 9.51. The number of aryl methyl sites for hydroxylation is 1. The molecule has 7 nitrogen and oxygen atoms in total. The van der Waals surface area contributed by atoms with Gasteiger partial charge in [-0.1, -0.05) is 36.0 Å². The van der Waals surface area contributed by atoms with E-state index in [4.69, 9.17) is 4.42 Å². The van der Waals surface area contributed by atoms with Crippen molar-refractivity contribution in [2.75, 3.05) is 17.3 Å². The van der Waals surface area contributed by atoms with Crippen molar-refractivity contribution in [3.8, 4) is 0 Å². The molecule has 0 radical (unpaired) electrons. The molecule has 1 fully saturated rings. The second-order valence-electron chi connectivity index (χ2n) is 7.43. The number of aromatic nitrogens is 2. The van der Waals surface area contributed by atoms with Crippen molar-refractivity contribution < 1.29 is 17.6 Å². The van der Waals surface area contributed by atoms with Crippen LogP contribution in [0.1, 0.15) is 42.3 Å². The van der Waals surface area contributed by atoms with Gasteiger partial charge in [0.15, 0.2) is 9.84 Å². The van der Waals surface area contributed by atoms with Gasteiger partial charge in [-0.05, 0) is 42.7 Å². The van der Waals surface area contributed by atoms with Crippen LogP contribution in [0.4, 0.5) is 0 Å². The lowest BCUT2D eigenvalue weighted by molar-refractivity contribution is -0.119. The number of amides is 1. The Morgan fingerprint density at radius 1 is 1.25 bits per heavy atom. The van der Waals surface area contributed by atoms with E-state index in [0.29, 0.717) is 24.0 Å². The molecule has 0 bridgehead atoms. The lowest BCUT2D eigenvalue weighted by Crippen LogP contribution is -2.32. The SMILES string of the molecule is O=C(CSc1nnc(CC2CCS(=O)(=O)C2)o1)NC1CCCc2ccccc21. The molecule has 1 amide bonds. The van der Waals surface area contributed by atoms with Crippen LogP contribution in [0.25, 0.3) is 0 Å². The zero-order chi connectivity index (χ0) is 19.6. The molecule has 1 aliphatic carbocycles. The molecule has 2 aliphatic rings. The highest BCUT2D eigenvalue weighted by Crippen LogP contribution is 2.29. The van der Waals surface area contributed by atoms with Crippen molar-refractivity contribution in [2.45, 2.75) is 43.4 Å². The standard InChI is InChI=1S/C19H23N3O4S2/c23-17(20-16-7-3-5-14-4-1-2-6-15(14)16)11-27-19-22-21-18(26-19)10-13-8-9-28(24,25)12-13/h1-2,4,6,13,16H,3,5,7-12H2,(H,20,23). The van der Waals surface area contributed by atoms with Gasteiger partial charge in [-0.3, -0.25) is 4.79 Å². The fourth-order valence-electron chi connectivity index (χ4n) is 3.93. The second kappa shape index (κ2) is 8.24. The third-order valence-corrected chi connectivity index (χ3v) is 7.93. The number of fused-ring (bicyclic) bond motifs is 1. The summed E-state index contributed by atoms with van der Waals surface area (Å²) < 4.78 is 28.7.